The molecule has 0 fully saturated rings. The van der Waals surface area contributed by atoms with Gasteiger partial charge in [0.1, 0.15) is 5.69 Å². The van der Waals surface area contributed by atoms with E-state index >= 15 is 0 Å². The molecule has 1 heterocycles. The Morgan fingerprint density at radius 3 is 2.50 bits per heavy atom. The van der Waals surface area contributed by atoms with Crippen molar-refractivity contribution in [2.75, 3.05) is 6.54 Å². The van der Waals surface area contributed by atoms with Crippen LogP contribution in [-0.2, 0) is 6.54 Å². The van der Waals surface area contributed by atoms with E-state index in [0.29, 0.717) is 13.1 Å². The van der Waals surface area contributed by atoms with Crippen molar-refractivity contribution in [3.05, 3.63) is 64.1 Å². The summed E-state index contributed by atoms with van der Waals surface area (Å²) in [5, 5.41) is 7.12. The maximum atomic E-state index is 12.5. The highest BCUT2D eigenvalue weighted by atomic mass is 16.2. The second-order valence-electron chi connectivity index (χ2n) is 6.43. The minimum atomic E-state index is -0.529. The van der Waals surface area contributed by atoms with E-state index in [1.807, 2.05) is 51.1 Å². The van der Waals surface area contributed by atoms with Crippen molar-refractivity contribution in [1.82, 2.24) is 15.1 Å². The molecule has 1 atom stereocenters. The summed E-state index contributed by atoms with van der Waals surface area (Å²) in [5.41, 5.74) is 6.17. The first-order valence-electron chi connectivity index (χ1n) is 8.00. The second-order valence-corrected chi connectivity index (χ2v) is 6.43. The van der Waals surface area contributed by atoms with E-state index in [1.54, 1.807) is 0 Å². The molecule has 6 heteroatoms. The van der Waals surface area contributed by atoms with Crippen LogP contribution in [0.3, 0.4) is 0 Å². The molecule has 0 radical (unpaired) electrons. The SMILES string of the molecule is CC(C)C(C)(CN)NC(=O)c1ccc(=O)n(Cc2ccccc2)n1. The van der Waals surface area contributed by atoms with E-state index in [2.05, 4.69) is 10.4 Å². The maximum absolute atomic E-state index is 12.5. The lowest BCUT2D eigenvalue weighted by Gasteiger charge is -2.33. The highest BCUT2D eigenvalue weighted by Gasteiger charge is 2.29. The number of benzene rings is 1. The van der Waals surface area contributed by atoms with Crippen molar-refractivity contribution in [3.8, 4) is 0 Å². The van der Waals surface area contributed by atoms with Gasteiger partial charge in [0.25, 0.3) is 11.5 Å². The Balaban J connectivity index is 2.24. The van der Waals surface area contributed by atoms with E-state index in [1.165, 1.54) is 16.8 Å². The highest BCUT2D eigenvalue weighted by molar-refractivity contribution is 5.92. The third kappa shape index (κ3) is 4.08. The molecule has 1 unspecified atom stereocenters. The van der Waals surface area contributed by atoms with Crippen LogP contribution >= 0.6 is 0 Å². The molecule has 24 heavy (non-hydrogen) atoms. The quantitative estimate of drug-likeness (QED) is 0.838. The van der Waals surface area contributed by atoms with Crippen LogP contribution in [0.4, 0.5) is 0 Å². The summed E-state index contributed by atoms with van der Waals surface area (Å²) in [4.78, 5) is 24.5. The van der Waals surface area contributed by atoms with Gasteiger partial charge in [-0.15, -0.1) is 0 Å². The fourth-order valence-electron chi connectivity index (χ4n) is 2.19. The average molecular weight is 328 g/mol. The normalized spacial score (nSPS) is 13.5. The summed E-state index contributed by atoms with van der Waals surface area (Å²) < 4.78 is 1.29. The van der Waals surface area contributed by atoms with Crippen molar-refractivity contribution in [2.24, 2.45) is 11.7 Å². The van der Waals surface area contributed by atoms with Gasteiger partial charge in [-0.05, 0) is 24.5 Å². The lowest BCUT2D eigenvalue weighted by Crippen LogP contribution is -2.55. The van der Waals surface area contributed by atoms with Crippen molar-refractivity contribution in [3.63, 3.8) is 0 Å². The largest absolute Gasteiger partial charge is 0.344 e. The Hall–Kier alpha value is -2.47. The van der Waals surface area contributed by atoms with Gasteiger partial charge in [-0.1, -0.05) is 44.2 Å². The van der Waals surface area contributed by atoms with Crippen LogP contribution in [-0.4, -0.2) is 27.8 Å². The summed E-state index contributed by atoms with van der Waals surface area (Å²) in [6, 6.07) is 12.3. The molecule has 0 aliphatic rings. The zero-order valence-electron chi connectivity index (χ0n) is 14.3. The minimum Gasteiger partial charge on any atom is -0.344 e. The Bertz CT molecular complexity index is 755. The van der Waals surface area contributed by atoms with Gasteiger partial charge in [-0.3, -0.25) is 9.59 Å². The molecule has 2 aromatic rings. The molecule has 0 saturated carbocycles. The molecule has 3 N–H and O–H groups in total. The molecule has 1 amide bonds. The first-order chi connectivity index (χ1) is 11.4. The molecule has 1 aromatic carbocycles. The van der Waals surface area contributed by atoms with Crippen LogP contribution in [0, 0.1) is 5.92 Å². The molecule has 0 aliphatic heterocycles. The van der Waals surface area contributed by atoms with E-state index in [9.17, 15) is 9.59 Å². The predicted octanol–water partition coefficient (Wildman–Crippen LogP) is 1.39. The van der Waals surface area contributed by atoms with Crippen LogP contribution in [0.25, 0.3) is 0 Å². The molecule has 128 valence electrons. The fourth-order valence-corrected chi connectivity index (χ4v) is 2.19. The predicted molar refractivity (Wildman–Crippen MR) is 93.8 cm³/mol. The number of carbonyl (C=O) groups excluding carboxylic acids is 1. The Kier molecular flexibility index (Phi) is 5.51. The number of nitrogens with zero attached hydrogens (tertiary/aromatic N) is 2. The van der Waals surface area contributed by atoms with Crippen LogP contribution in [0.5, 0.6) is 0 Å². The van der Waals surface area contributed by atoms with Gasteiger partial charge in [-0.2, -0.15) is 5.10 Å². The zero-order valence-corrected chi connectivity index (χ0v) is 14.3. The monoisotopic (exact) mass is 328 g/mol. The number of hydrogen-bond acceptors (Lipinski definition) is 4. The van der Waals surface area contributed by atoms with E-state index < -0.39 is 5.54 Å². The van der Waals surface area contributed by atoms with Gasteiger partial charge in [0.15, 0.2) is 0 Å². The summed E-state index contributed by atoms with van der Waals surface area (Å²) >= 11 is 0. The zero-order chi connectivity index (χ0) is 17.7. The number of nitrogens with two attached hydrogens (primary N) is 1. The third-order valence-electron chi connectivity index (χ3n) is 4.37. The Morgan fingerprint density at radius 2 is 1.92 bits per heavy atom. The van der Waals surface area contributed by atoms with E-state index in [0.717, 1.165) is 5.56 Å². The molecule has 0 aliphatic carbocycles. The molecule has 0 bridgehead atoms. The number of hydrogen-bond donors (Lipinski definition) is 2. The van der Waals surface area contributed by atoms with Crippen LogP contribution in [0.2, 0.25) is 0 Å². The number of carbonyl (C=O) groups is 1. The van der Waals surface area contributed by atoms with Crippen LogP contribution < -0.4 is 16.6 Å². The molecule has 1 aromatic heterocycles. The summed E-state index contributed by atoms with van der Waals surface area (Å²) in [6.45, 7) is 6.53. The first kappa shape index (κ1) is 17.9. The topological polar surface area (TPSA) is 90.0 Å². The van der Waals surface area contributed by atoms with E-state index in [-0.39, 0.29) is 23.1 Å². The lowest BCUT2D eigenvalue weighted by molar-refractivity contribution is 0.0875. The third-order valence-corrected chi connectivity index (χ3v) is 4.37. The average Bonchev–Trinajstić information content (AvgIpc) is 2.57. The minimum absolute atomic E-state index is 0.168. The molecular weight excluding hydrogens is 304 g/mol. The fraction of sp³-hybridized carbons (Fsp3) is 0.389. The standard InChI is InChI=1S/C18H24N4O2/c1-13(2)18(3,12-19)20-17(24)15-9-10-16(23)22(21-15)11-14-7-5-4-6-8-14/h4-10,13H,11-12,19H2,1-3H3,(H,20,24). The second kappa shape index (κ2) is 7.40. The van der Waals surface area contributed by atoms with Crippen LogP contribution in [0.1, 0.15) is 36.8 Å². The van der Waals surface area contributed by atoms with Gasteiger partial charge < -0.3 is 11.1 Å². The van der Waals surface area contributed by atoms with Crippen molar-refractivity contribution < 1.29 is 4.79 Å². The lowest BCUT2D eigenvalue weighted by atomic mass is 9.88. The molecule has 2 rings (SSSR count). The van der Waals surface area contributed by atoms with E-state index in [4.69, 9.17) is 5.73 Å². The number of aromatic nitrogens is 2. The summed E-state index contributed by atoms with van der Waals surface area (Å²) in [5.74, 6) is -0.167. The highest BCUT2D eigenvalue weighted by Crippen LogP contribution is 2.15. The molecular formula is C18H24N4O2. The van der Waals surface area contributed by atoms with Gasteiger partial charge in [-0.25, -0.2) is 4.68 Å². The smallest absolute Gasteiger partial charge is 0.272 e. The number of rotatable bonds is 6. The van der Waals surface area contributed by atoms with Gasteiger partial charge in [0, 0.05) is 12.6 Å². The van der Waals surface area contributed by atoms with Gasteiger partial charge >= 0.3 is 0 Å². The summed E-state index contributed by atoms with van der Waals surface area (Å²) in [6.07, 6.45) is 0. The first-order valence-corrected chi connectivity index (χ1v) is 8.00. The molecule has 0 saturated heterocycles. The van der Waals surface area contributed by atoms with Gasteiger partial charge in [0.05, 0.1) is 12.1 Å². The number of amides is 1. The number of nitrogens with one attached hydrogen (secondary N) is 1. The Labute approximate surface area is 141 Å². The van der Waals surface area contributed by atoms with Crippen molar-refractivity contribution >= 4 is 5.91 Å². The maximum Gasteiger partial charge on any atom is 0.272 e. The molecule has 0 spiro atoms. The molecule has 6 nitrogen and oxygen atoms in total. The van der Waals surface area contributed by atoms with Gasteiger partial charge in [0.2, 0.25) is 0 Å². The van der Waals surface area contributed by atoms with Crippen molar-refractivity contribution in [2.45, 2.75) is 32.9 Å². The Morgan fingerprint density at radius 1 is 1.25 bits per heavy atom. The summed E-state index contributed by atoms with van der Waals surface area (Å²) in [7, 11) is 0. The van der Waals surface area contributed by atoms with Crippen LogP contribution in [0.15, 0.2) is 47.3 Å². The van der Waals surface area contributed by atoms with Crippen molar-refractivity contribution in [1.29, 1.82) is 0 Å².